The van der Waals surface area contributed by atoms with Gasteiger partial charge in [-0.2, -0.15) is 5.06 Å². The number of benzene rings is 1. The highest BCUT2D eigenvalue weighted by Crippen LogP contribution is 2.45. The minimum Gasteiger partial charge on any atom is -0.302 e. The first kappa shape index (κ1) is 10.3. The van der Waals surface area contributed by atoms with Crippen LogP contribution in [-0.4, -0.2) is 25.3 Å². The molecule has 0 amide bonds. The Morgan fingerprint density at radius 3 is 2.62 bits per heavy atom. The Kier molecular flexibility index (Phi) is 2.49. The molecule has 1 aliphatic carbocycles. The lowest BCUT2D eigenvalue weighted by Crippen LogP contribution is -2.40. The summed E-state index contributed by atoms with van der Waals surface area (Å²) in [5.41, 5.74) is 3.66. The first-order chi connectivity index (χ1) is 7.84. The highest BCUT2D eigenvalue weighted by Gasteiger charge is 2.40. The van der Waals surface area contributed by atoms with E-state index in [1.165, 1.54) is 25.7 Å². The van der Waals surface area contributed by atoms with Crippen molar-refractivity contribution in [3.63, 3.8) is 0 Å². The Balaban J connectivity index is 1.87. The van der Waals surface area contributed by atoms with E-state index in [2.05, 4.69) is 29.3 Å². The predicted molar refractivity (Wildman–Crippen MR) is 64.3 cm³/mol. The van der Waals surface area contributed by atoms with Crippen LogP contribution in [0.3, 0.4) is 0 Å². The molecule has 0 atom stereocenters. The van der Waals surface area contributed by atoms with Crippen LogP contribution in [0.2, 0.25) is 0 Å². The van der Waals surface area contributed by atoms with Gasteiger partial charge in [0.25, 0.3) is 0 Å². The van der Waals surface area contributed by atoms with Crippen LogP contribution in [0.15, 0.2) is 24.3 Å². The van der Waals surface area contributed by atoms with E-state index < -0.39 is 0 Å². The molecule has 0 saturated carbocycles. The molecule has 3 rings (SSSR count). The third-order valence-electron chi connectivity index (χ3n) is 4.40. The average molecular weight is 217 g/mol. The number of fused-ring (bicyclic) bond motifs is 2. The SMILES string of the molecule is CON1CCC2(CCc3ccccc32)CC1. The second-order valence-corrected chi connectivity index (χ2v) is 5.05. The summed E-state index contributed by atoms with van der Waals surface area (Å²) in [5, 5.41) is 2.09. The van der Waals surface area contributed by atoms with E-state index in [0.29, 0.717) is 5.41 Å². The lowest BCUT2D eigenvalue weighted by Gasteiger charge is -2.39. The summed E-state index contributed by atoms with van der Waals surface area (Å²) in [6.45, 7) is 2.15. The molecule has 0 unspecified atom stereocenters. The van der Waals surface area contributed by atoms with Crippen LogP contribution in [0.25, 0.3) is 0 Å². The van der Waals surface area contributed by atoms with E-state index in [4.69, 9.17) is 4.84 Å². The van der Waals surface area contributed by atoms with Crippen LogP contribution in [0.1, 0.15) is 30.4 Å². The van der Waals surface area contributed by atoms with Gasteiger partial charge in [-0.05, 0) is 42.2 Å². The fraction of sp³-hybridized carbons (Fsp3) is 0.571. The molecular formula is C14H19NO. The first-order valence-corrected chi connectivity index (χ1v) is 6.21. The number of nitrogens with zero attached hydrogens (tertiary/aromatic N) is 1. The second-order valence-electron chi connectivity index (χ2n) is 5.05. The summed E-state index contributed by atoms with van der Waals surface area (Å²) in [7, 11) is 1.78. The van der Waals surface area contributed by atoms with Gasteiger partial charge in [0.2, 0.25) is 0 Å². The summed E-state index contributed by atoms with van der Waals surface area (Å²) >= 11 is 0. The zero-order valence-corrected chi connectivity index (χ0v) is 9.91. The minimum atomic E-state index is 0.464. The Morgan fingerprint density at radius 2 is 1.88 bits per heavy atom. The van der Waals surface area contributed by atoms with Gasteiger partial charge in [-0.15, -0.1) is 0 Å². The van der Waals surface area contributed by atoms with Crippen molar-refractivity contribution in [3.8, 4) is 0 Å². The van der Waals surface area contributed by atoms with E-state index in [0.717, 1.165) is 13.1 Å². The van der Waals surface area contributed by atoms with Crippen LogP contribution in [0, 0.1) is 0 Å². The maximum absolute atomic E-state index is 5.32. The van der Waals surface area contributed by atoms with Crippen LogP contribution < -0.4 is 0 Å². The number of hydrogen-bond acceptors (Lipinski definition) is 2. The van der Waals surface area contributed by atoms with Crippen molar-refractivity contribution in [3.05, 3.63) is 35.4 Å². The van der Waals surface area contributed by atoms with Crippen molar-refractivity contribution in [2.45, 2.75) is 31.1 Å². The molecule has 1 aromatic rings. The van der Waals surface area contributed by atoms with Crippen LogP contribution in [-0.2, 0) is 16.7 Å². The van der Waals surface area contributed by atoms with Gasteiger partial charge >= 0.3 is 0 Å². The van der Waals surface area contributed by atoms with Crippen molar-refractivity contribution >= 4 is 0 Å². The van der Waals surface area contributed by atoms with Crippen molar-refractivity contribution < 1.29 is 4.84 Å². The summed E-state index contributed by atoms with van der Waals surface area (Å²) in [6.07, 6.45) is 5.10. The Labute approximate surface area is 97.2 Å². The van der Waals surface area contributed by atoms with Gasteiger partial charge in [0.05, 0.1) is 7.11 Å². The molecule has 0 bridgehead atoms. The third-order valence-corrected chi connectivity index (χ3v) is 4.40. The minimum absolute atomic E-state index is 0.464. The number of piperidine rings is 1. The first-order valence-electron chi connectivity index (χ1n) is 6.21. The molecule has 2 nitrogen and oxygen atoms in total. The number of hydrogen-bond donors (Lipinski definition) is 0. The van der Waals surface area contributed by atoms with Gasteiger partial charge in [-0.3, -0.25) is 0 Å². The summed E-state index contributed by atoms with van der Waals surface area (Å²) < 4.78 is 0. The van der Waals surface area contributed by atoms with Gasteiger partial charge in [-0.1, -0.05) is 24.3 Å². The van der Waals surface area contributed by atoms with E-state index in [1.54, 1.807) is 18.2 Å². The standard InChI is InChI=1S/C14H19NO/c1-16-15-10-8-14(9-11-15)7-6-12-4-2-3-5-13(12)14/h2-5H,6-11H2,1H3. The van der Waals surface area contributed by atoms with E-state index in [1.807, 2.05) is 0 Å². The van der Waals surface area contributed by atoms with Crippen molar-refractivity contribution in [2.75, 3.05) is 20.2 Å². The van der Waals surface area contributed by atoms with Gasteiger partial charge in [0.15, 0.2) is 0 Å². The molecule has 1 saturated heterocycles. The molecule has 1 fully saturated rings. The highest BCUT2D eigenvalue weighted by molar-refractivity contribution is 5.39. The smallest absolute Gasteiger partial charge is 0.0575 e. The molecule has 2 aliphatic rings. The summed E-state index contributed by atoms with van der Waals surface area (Å²) in [6, 6.07) is 8.99. The molecule has 86 valence electrons. The molecule has 0 N–H and O–H groups in total. The van der Waals surface area contributed by atoms with Crippen molar-refractivity contribution in [1.82, 2.24) is 5.06 Å². The van der Waals surface area contributed by atoms with Crippen molar-refractivity contribution in [2.24, 2.45) is 0 Å². The Hall–Kier alpha value is -0.860. The number of rotatable bonds is 1. The molecule has 1 aromatic carbocycles. The van der Waals surface area contributed by atoms with E-state index in [-0.39, 0.29) is 0 Å². The highest BCUT2D eigenvalue weighted by atomic mass is 16.7. The topological polar surface area (TPSA) is 12.5 Å². The third kappa shape index (κ3) is 1.48. The lowest BCUT2D eigenvalue weighted by atomic mass is 9.74. The Bertz CT molecular complexity index is 380. The fourth-order valence-electron chi connectivity index (χ4n) is 3.38. The van der Waals surface area contributed by atoms with Gasteiger partial charge < -0.3 is 4.84 Å². The van der Waals surface area contributed by atoms with Crippen LogP contribution in [0.4, 0.5) is 0 Å². The zero-order valence-electron chi connectivity index (χ0n) is 9.91. The number of aryl methyl sites for hydroxylation is 1. The normalized spacial score (nSPS) is 23.6. The maximum atomic E-state index is 5.32. The van der Waals surface area contributed by atoms with E-state index in [9.17, 15) is 0 Å². The summed E-state index contributed by atoms with van der Waals surface area (Å²) in [4.78, 5) is 5.32. The second kappa shape index (κ2) is 3.86. The quantitative estimate of drug-likeness (QED) is 0.716. The number of hydroxylamine groups is 2. The van der Waals surface area contributed by atoms with Gasteiger partial charge in [0, 0.05) is 13.1 Å². The lowest BCUT2D eigenvalue weighted by molar-refractivity contribution is -0.151. The molecule has 0 radical (unpaired) electrons. The van der Waals surface area contributed by atoms with Gasteiger partial charge in [0.1, 0.15) is 0 Å². The van der Waals surface area contributed by atoms with Crippen LogP contribution >= 0.6 is 0 Å². The molecular weight excluding hydrogens is 198 g/mol. The van der Waals surface area contributed by atoms with E-state index >= 15 is 0 Å². The summed E-state index contributed by atoms with van der Waals surface area (Å²) in [5.74, 6) is 0. The van der Waals surface area contributed by atoms with Crippen LogP contribution in [0.5, 0.6) is 0 Å². The maximum Gasteiger partial charge on any atom is 0.0575 e. The van der Waals surface area contributed by atoms with Crippen molar-refractivity contribution in [1.29, 1.82) is 0 Å². The fourth-order valence-corrected chi connectivity index (χ4v) is 3.38. The average Bonchev–Trinajstić information content (AvgIpc) is 2.71. The van der Waals surface area contributed by atoms with Gasteiger partial charge in [-0.25, -0.2) is 0 Å². The zero-order chi connectivity index (χ0) is 11.0. The molecule has 1 spiro atoms. The largest absolute Gasteiger partial charge is 0.302 e. The molecule has 0 aromatic heterocycles. The molecule has 2 heteroatoms. The predicted octanol–water partition coefficient (Wildman–Crippen LogP) is 2.53. The molecule has 1 heterocycles. The molecule has 1 aliphatic heterocycles. The molecule has 16 heavy (non-hydrogen) atoms. The monoisotopic (exact) mass is 217 g/mol. The Morgan fingerprint density at radius 1 is 1.12 bits per heavy atom.